The van der Waals surface area contributed by atoms with E-state index in [0.29, 0.717) is 27.5 Å². The molecule has 8 heteroatoms. The van der Waals surface area contributed by atoms with Crippen molar-refractivity contribution in [1.29, 1.82) is 0 Å². The number of fused-ring (bicyclic) bond motifs is 1. The molecule has 6 nitrogen and oxygen atoms in total. The molecule has 0 saturated carbocycles. The Balaban J connectivity index is 1.71. The summed E-state index contributed by atoms with van der Waals surface area (Å²) in [5.74, 6) is -0.324. The number of carbonyl (C=O) groups is 1. The Morgan fingerprint density at radius 2 is 1.81 bits per heavy atom. The summed E-state index contributed by atoms with van der Waals surface area (Å²) < 4.78 is 2.94. The normalized spacial score (nSPS) is 11.1. The van der Waals surface area contributed by atoms with E-state index < -0.39 is 5.69 Å². The van der Waals surface area contributed by atoms with Gasteiger partial charge in [0.15, 0.2) is 0 Å². The molecule has 1 amide bonds. The molecule has 2 heterocycles. The largest absolute Gasteiger partial charge is 0.350 e. The average Bonchev–Trinajstić information content (AvgIpc) is 3.22. The fourth-order valence-electron chi connectivity index (χ4n) is 3.51. The number of thiophene rings is 1. The number of aromatic nitrogens is 2. The fourth-order valence-corrected chi connectivity index (χ4v) is 4.46. The molecular formula is C23H20ClN3O3S. The molecule has 0 saturated heterocycles. The molecule has 0 radical (unpaired) electrons. The van der Waals surface area contributed by atoms with E-state index in [4.69, 9.17) is 11.6 Å². The van der Waals surface area contributed by atoms with Crippen molar-refractivity contribution in [2.45, 2.75) is 26.9 Å². The minimum atomic E-state index is -0.538. The van der Waals surface area contributed by atoms with Gasteiger partial charge in [0, 0.05) is 11.6 Å². The maximum Gasteiger partial charge on any atom is 0.336 e. The summed E-state index contributed by atoms with van der Waals surface area (Å²) >= 11 is 7.15. The number of amides is 1. The second-order valence-electron chi connectivity index (χ2n) is 7.34. The number of hydrogen-bond acceptors (Lipinski definition) is 4. The Morgan fingerprint density at radius 3 is 2.52 bits per heavy atom. The highest BCUT2D eigenvalue weighted by Crippen LogP contribution is 2.18. The molecule has 4 rings (SSSR count). The van der Waals surface area contributed by atoms with E-state index in [1.165, 1.54) is 15.9 Å². The van der Waals surface area contributed by atoms with E-state index >= 15 is 0 Å². The second-order valence-corrected chi connectivity index (χ2v) is 8.69. The van der Waals surface area contributed by atoms with Crippen LogP contribution in [0, 0.1) is 13.8 Å². The summed E-state index contributed by atoms with van der Waals surface area (Å²) in [4.78, 5) is 39.0. The topological polar surface area (TPSA) is 73.1 Å². The molecule has 0 aliphatic rings. The van der Waals surface area contributed by atoms with Crippen LogP contribution in [0.15, 0.2) is 63.5 Å². The van der Waals surface area contributed by atoms with Gasteiger partial charge in [-0.3, -0.25) is 14.2 Å². The number of rotatable bonds is 5. The molecule has 31 heavy (non-hydrogen) atoms. The smallest absolute Gasteiger partial charge is 0.336 e. The molecule has 0 fully saturated rings. The maximum absolute atomic E-state index is 13.3. The van der Waals surface area contributed by atoms with Gasteiger partial charge in [-0.2, -0.15) is 0 Å². The quantitative estimate of drug-likeness (QED) is 0.499. The minimum Gasteiger partial charge on any atom is -0.350 e. The molecule has 4 aromatic rings. The van der Waals surface area contributed by atoms with Crippen LogP contribution in [0.3, 0.4) is 0 Å². The standard InChI is InChI=1S/C23H20ClN3O3S/c1-14-3-8-18(15(2)11-14)27-22(29)21-19(9-10-31-21)26(23(27)30)13-20(28)25-12-16-4-6-17(24)7-5-16/h3-11H,12-13H2,1-2H3,(H,25,28). The molecule has 0 atom stereocenters. The Labute approximate surface area is 187 Å². The third-order valence-electron chi connectivity index (χ3n) is 5.05. The van der Waals surface area contributed by atoms with Crippen LogP contribution in [0.4, 0.5) is 0 Å². The Kier molecular flexibility index (Phi) is 5.80. The summed E-state index contributed by atoms with van der Waals surface area (Å²) in [6.07, 6.45) is 0. The number of benzene rings is 2. The maximum atomic E-state index is 13.3. The molecule has 2 aromatic carbocycles. The number of halogens is 1. The van der Waals surface area contributed by atoms with Crippen molar-refractivity contribution in [3.8, 4) is 5.69 Å². The van der Waals surface area contributed by atoms with Gasteiger partial charge in [-0.05, 0) is 54.6 Å². The molecule has 0 unspecified atom stereocenters. The van der Waals surface area contributed by atoms with Crippen molar-refractivity contribution in [3.05, 3.63) is 96.5 Å². The zero-order valence-electron chi connectivity index (χ0n) is 17.0. The zero-order valence-corrected chi connectivity index (χ0v) is 18.6. The Morgan fingerprint density at radius 1 is 1.06 bits per heavy atom. The van der Waals surface area contributed by atoms with Crippen LogP contribution in [0.2, 0.25) is 5.02 Å². The van der Waals surface area contributed by atoms with E-state index in [1.54, 1.807) is 29.6 Å². The fraction of sp³-hybridized carbons (Fsp3) is 0.174. The lowest BCUT2D eigenvalue weighted by molar-refractivity contribution is -0.121. The first kappa shape index (κ1) is 21.1. The molecule has 0 bridgehead atoms. The van der Waals surface area contributed by atoms with E-state index in [-0.39, 0.29) is 18.0 Å². The van der Waals surface area contributed by atoms with E-state index in [1.807, 2.05) is 38.1 Å². The predicted octanol–water partition coefficient (Wildman–Crippen LogP) is 3.80. The van der Waals surface area contributed by atoms with Crippen molar-refractivity contribution in [3.63, 3.8) is 0 Å². The summed E-state index contributed by atoms with van der Waals surface area (Å²) in [7, 11) is 0. The molecule has 158 valence electrons. The van der Waals surface area contributed by atoms with Crippen molar-refractivity contribution in [2.24, 2.45) is 0 Å². The van der Waals surface area contributed by atoms with Crippen LogP contribution >= 0.6 is 22.9 Å². The van der Waals surface area contributed by atoms with Gasteiger partial charge in [-0.1, -0.05) is 41.4 Å². The lowest BCUT2D eigenvalue weighted by atomic mass is 10.1. The second kappa shape index (κ2) is 8.53. The van der Waals surface area contributed by atoms with Crippen LogP contribution < -0.4 is 16.6 Å². The average molecular weight is 454 g/mol. The lowest BCUT2D eigenvalue weighted by Gasteiger charge is -2.14. The number of hydrogen-bond donors (Lipinski definition) is 1. The molecule has 0 aliphatic carbocycles. The third-order valence-corrected chi connectivity index (χ3v) is 6.20. The monoisotopic (exact) mass is 453 g/mol. The molecule has 0 spiro atoms. The van der Waals surface area contributed by atoms with Crippen molar-refractivity contribution in [1.82, 2.24) is 14.5 Å². The van der Waals surface area contributed by atoms with Crippen LogP contribution in [-0.2, 0) is 17.9 Å². The molecule has 0 aliphatic heterocycles. The predicted molar refractivity (Wildman–Crippen MR) is 124 cm³/mol. The van der Waals surface area contributed by atoms with Crippen molar-refractivity contribution in [2.75, 3.05) is 0 Å². The van der Waals surface area contributed by atoms with Gasteiger partial charge >= 0.3 is 5.69 Å². The van der Waals surface area contributed by atoms with E-state index in [2.05, 4.69) is 5.32 Å². The first-order valence-electron chi connectivity index (χ1n) is 9.67. The highest BCUT2D eigenvalue weighted by molar-refractivity contribution is 7.17. The number of aryl methyl sites for hydroxylation is 2. The van der Waals surface area contributed by atoms with Crippen LogP contribution in [0.25, 0.3) is 15.9 Å². The lowest BCUT2D eigenvalue weighted by Crippen LogP contribution is -2.41. The van der Waals surface area contributed by atoms with Gasteiger partial charge in [0.1, 0.15) is 11.2 Å². The third kappa shape index (κ3) is 4.19. The van der Waals surface area contributed by atoms with Gasteiger partial charge in [0.2, 0.25) is 5.91 Å². The first-order valence-corrected chi connectivity index (χ1v) is 10.9. The van der Waals surface area contributed by atoms with Gasteiger partial charge in [0.25, 0.3) is 5.56 Å². The summed E-state index contributed by atoms with van der Waals surface area (Å²) in [5, 5.41) is 5.19. The summed E-state index contributed by atoms with van der Waals surface area (Å²) in [5.41, 5.74) is 2.81. The highest BCUT2D eigenvalue weighted by atomic mass is 35.5. The van der Waals surface area contributed by atoms with E-state index in [9.17, 15) is 14.4 Å². The number of nitrogens with zero attached hydrogens (tertiary/aromatic N) is 2. The van der Waals surface area contributed by atoms with Gasteiger partial charge in [-0.25, -0.2) is 9.36 Å². The molecule has 2 aromatic heterocycles. The van der Waals surface area contributed by atoms with Gasteiger partial charge in [0.05, 0.1) is 11.2 Å². The zero-order chi connectivity index (χ0) is 22.1. The Hall–Kier alpha value is -3.16. The van der Waals surface area contributed by atoms with Crippen LogP contribution in [-0.4, -0.2) is 15.0 Å². The van der Waals surface area contributed by atoms with Crippen molar-refractivity contribution >= 4 is 39.1 Å². The minimum absolute atomic E-state index is 0.190. The van der Waals surface area contributed by atoms with Gasteiger partial charge < -0.3 is 5.32 Å². The first-order chi connectivity index (χ1) is 14.8. The van der Waals surface area contributed by atoms with Gasteiger partial charge in [-0.15, -0.1) is 11.3 Å². The van der Waals surface area contributed by atoms with E-state index in [0.717, 1.165) is 21.3 Å². The highest BCUT2D eigenvalue weighted by Gasteiger charge is 2.18. The Bertz CT molecular complexity index is 1400. The summed E-state index contributed by atoms with van der Waals surface area (Å²) in [6.45, 7) is 3.93. The molecule has 1 N–H and O–H groups in total. The van der Waals surface area contributed by atoms with Crippen LogP contribution in [0.1, 0.15) is 16.7 Å². The van der Waals surface area contributed by atoms with Crippen LogP contribution in [0.5, 0.6) is 0 Å². The molecular weight excluding hydrogens is 434 g/mol. The number of carbonyl (C=O) groups excluding carboxylic acids is 1. The van der Waals surface area contributed by atoms with Crippen molar-refractivity contribution < 1.29 is 4.79 Å². The number of nitrogens with one attached hydrogen (secondary N) is 1. The SMILES string of the molecule is Cc1ccc(-n2c(=O)c3sccc3n(CC(=O)NCc3ccc(Cl)cc3)c2=O)c(C)c1. The summed E-state index contributed by atoms with van der Waals surface area (Å²) in [6, 6.07) is 14.4.